The van der Waals surface area contributed by atoms with Gasteiger partial charge in [-0.3, -0.25) is 9.59 Å². The lowest BCUT2D eigenvalue weighted by Gasteiger charge is -2.20. The van der Waals surface area contributed by atoms with E-state index in [0.717, 1.165) is 24.2 Å². The Morgan fingerprint density at radius 2 is 1.97 bits per heavy atom. The predicted octanol–water partition coefficient (Wildman–Crippen LogP) is 3.50. The lowest BCUT2D eigenvalue weighted by molar-refractivity contribution is -0.123. The molecule has 2 N–H and O–H groups in total. The molecule has 1 heterocycles. The molecular formula is C24H29N3O5. The molecule has 1 atom stereocenters. The fourth-order valence-electron chi connectivity index (χ4n) is 3.06. The molecule has 0 saturated heterocycles. The highest BCUT2D eigenvalue weighted by Gasteiger charge is 2.25. The van der Waals surface area contributed by atoms with Crippen LogP contribution in [0, 0.1) is 5.92 Å². The van der Waals surface area contributed by atoms with Crippen LogP contribution in [-0.2, 0) is 4.79 Å². The Hall–Kier alpha value is -3.55. The second-order valence-electron chi connectivity index (χ2n) is 7.77. The number of ether oxygens (including phenoxy) is 3. The number of nitrogens with one attached hydrogen (secondary N) is 2. The van der Waals surface area contributed by atoms with Gasteiger partial charge in [-0.1, -0.05) is 39.3 Å². The van der Waals surface area contributed by atoms with Crippen LogP contribution >= 0.6 is 0 Å². The van der Waals surface area contributed by atoms with E-state index in [0.29, 0.717) is 23.7 Å². The molecule has 32 heavy (non-hydrogen) atoms. The van der Waals surface area contributed by atoms with Crippen LogP contribution in [0.1, 0.15) is 49.5 Å². The molecule has 0 aliphatic carbocycles. The zero-order valence-corrected chi connectivity index (χ0v) is 18.6. The maximum absolute atomic E-state index is 12.7. The number of rotatable bonds is 10. The highest BCUT2D eigenvalue weighted by Crippen LogP contribution is 2.32. The summed E-state index contributed by atoms with van der Waals surface area (Å²) in [6.45, 7) is 6.60. The Labute approximate surface area is 187 Å². The summed E-state index contributed by atoms with van der Waals surface area (Å²) in [5.41, 5.74) is 3.69. The Balaban J connectivity index is 1.58. The lowest BCUT2D eigenvalue weighted by atomic mass is 10.0. The van der Waals surface area contributed by atoms with Gasteiger partial charge < -0.3 is 19.5 Å². The second-order valence-corrected chi connectivity index (χ2v) is 7.77. The number of hydrazone groups is 1. The zero-order chi connectivity index (χ0) is 22.9. The van der Waals surface area contributed by atoms with Crippen molar-refractivity contribution >= 4 is 18.0 Å². The van der Waals surface area contributed by atoms with Crippen molar-refractivity contribution in [1.82, 2.24) is 10.7 Å². The summed E-state index contributed by atoms with van der Waals surface area (Å²) in [7, 11) is 0. The van der Waals surface area contributed by atoms with E-state index in [1.165, 1.54) is 0 Å². The van der Waals surface area contributed by atoms with E-state index < -0.39 is 11.9 Å². The second kappa shape index (κ2) is 11.2. The molecule has 0 saturated carbocycles. The quantitative estimate of drug-likeness (QED) is 0.335. The van der Waals surface area contributed by atoms with Gasteiger partial charge in [0, 0.05) is 5.56 Å². The van der Waals surface area contributed by atoms with E-state index in [1.807, 2.05) is 38.1 Å². The van der Waals surface area contributed by atoms with Crippen molar-refractivity contribution in [3.8, 4) is 17.2 Å². The van der Waals surface area contributed by atoms with Gasteiger partial charge in [-0.05, 0) is 48.2 Å². The lowest BCUT2D eigenvalue weighted by Crippen LogP contribution is -2.48. The summed E-state index contributed by atoms with van der Waals surface area (Å²) in [5.74, 6) is 0.935. The third-order valence-corrected chi connectivity index (χ3v) is 4.88. The van der Waals surface area contributed by atoms with Gasteiger partial charge in [-0.15, -0.1) is 0 Å². The van der Waals surface area contributed by atoms with Crippen molar-refractivity contribution in [2.45, 2.75) is 39.7 Å². The first-order valence-corrected chi connectivity index (χ1v) is 10.7. The first kappa shape index (κ1) is 23.1. The molecule has 0 radical (unpaired) electrons. The molecule has 2 aromatic carbocycles. The van der Waals surface area contributed by atoms with Crippen LogP contribution in [0.5, 0.6) is 17.2 Å². The highest BCUT2D eigenvalue weighted by molar-refractivity contribution is 5.98. The molecule has 0 fully saturated rings. The van der Waals surface area contributed by atoms with Crippen molar-refractivity contribution in [2.75, 3.05) is 13.4 Å². The number of amides is 2. The van der Waals surface area contributed by atoms with Crippen LogP contribution in [0.25, 0.3) is 0 Å². The Bertz CT molecular complexity index is 974. The number of carbonyl (C=O) groups is 2. The van der Waals surface area contributed by atoms with Crippen molar-refractivity contribution in [3.63, 3.8) is 0 Å². The number of hydrogen-bond acceptors (Lipinski definition) is 6. The SMILES string of the molecule is CCCCOc1cccc(C=NNC(=O)C(NC(=O)c2ccc3c(c2)OCO3)C(C)C)c1. The van der Waals surface area contributed by atoms with Gasteiger partial charge in [0.25, 0.3) is 11.8 Å². The smallest absolute Gasteiger partial charge is 0.262 e. The van der Waals surface area contributed by atoms with Gasteiger partial charge in [-0.25, -0.2) is 5.43 Å². The summed E-state index contributed by atoms with van der Waals surface area (Å²) in [6, 6.07) is 11.6. The monoisotopic (exact) mass is 439 g/mol. The summed E-state index contributed by atoms with van der Waals surface area (Å²) in [5, 5.41) is 6.81. The van der Waals surface area contributed by atoms with Gasteiger partial charge in [0.15, 0.2) is 11.5 Å². The first-order chi connectivity index (χ1) is 15.5. The number of unbranched alkanes of at least 4 members (excludes halogenated alkanes) is 1. The normalized spacial score (nSPS) is 13.2. The van der Waals surface area contributed by atoms with E-state index in [-0.39, 0.29) is 18.6 Å². The molecule has 8 heteroatoms. The zero-order valence-electron chi connectivity index (χ0n) is 18.6. The first-order valence-electron chi connectivity index (χ1n) is 10.7. The topological polar surface area (TPSA) is 98.2 Å². The molecular weight excluding hydrogens is 410 g/mol. The maximum atomic E-state index is 12.7. The van der Waals surface area contributed by atoms with E-state index in [1.54, 1.807) is 24.4 Å². The molecule has 0 spiro atoms. The van der Waals surface area contributed by atoms with Crippen LogP contribution < -0.4 is 25.0 Å². The van der Waals surface area contributed by atoms with Crippen molar-refractivity contribution in [1.29, 1.82) is 0 Å². The molecule has 170 valence electrons. The summed E-state index contributed by atoms with van der Waals surface area (Å²) >= 11 is 0. The Morgan fingerprint density at radius 1 is 1.16 bits per heavy atom. The van der Waals surface area contributed by atoms with Gasteiger partial charge in [0.1, 0.15) is 11.8 Å². The largest absolute Gasteiger partial charge is 0.494 e. The molecule has 3 rings (SSSR count). The summed E-state index contributed by atoms with van der Waals surface area (Å²) < 4.78 is 16.3. The third kappa shape index (κ3) is 6.23. The van der Waals surface area contributed by atoms with Crippen molar-refractivity contribution < 1.29 is 23.8 Å². The van der Waals surface area contributed by atoms with Gasteiger partial charge in [0.05, 0.1) is 12.8 Å². The molecule has 2 aromatic rings. The van der Waals surface area contributed by atoms with Crippen molar-refractivity contribution in [2.24, 2.45) is 11.0 Å². The van der Waals surface area contributed by atoms with Gasteiger partial charge in [0.2, 0.25) is 6.79 Å². The van der Waals surface area contributed by atoms with Crippen LogP contribution in [0.15, 0.2) is 47.6 Å². The molecule has 0 aromatic heterocycles. The maximum Gasteiger partial charge on any atom is 0.262 e. The number of fused-ring (bicyclic) bond motifs is 1. The molecule has 1 aliphatic heterocycles. The van der Waals surface area contributed by atoms with E-state index in [2.05, 4.69) is 22.8 Å². The van der Waals surface area contributed by atoms with Gasteiger partial charge >= 0.3 is 0 Å². The Kier molecular flexibility index (Phi) is 8.08. The minimum atomic E-state index is -0.756. The number of nitrogens with zero attached hydrogens (tertiary/aromatic N) is 1. The summed E-state index contributed by atoms with van der Waals surface area (Å²) in [6.07, 6.45) is 3.60. The Morgan fingerprint density at radius 3 is 2.75 bits per heavy atom. The average Bonchev–Trinajstić information content (AvgIpc) is 3.25. The molecule has 1 aliphatic rings. The van der Waals surface area contributed by atoms with E-state index in [9.17, 15) is 9.59 Å². The van der Waals surface area contributed by atoms with E-state index in [4.69, 9.17) is 14.2 Å². The minimum absolute atomic E-state index is 0.128. The number of carbonyl (C=O) groups excluding carboxylic acids is 2. The average molecular weight is 440 g/mol. The standard InChI is InChI=1S/C24H29N3O5/c1-4-5-11-30-19-8-6-7-17(12-19)14-25-27-24(29)22(16(2)3)26-23(28)18-9-10-20-21(13-18)32-15-31-20/h6-10,12-14,16,22H,4-5,11,15H2,1-3H3,(H,26,28)(H,27,29). The predicted molar refractivity (Wildman–Crippen MR) is 121 cm³/mol. The van der Waals surface area contributed by atoms with Crippen LogP contribution in [0.4, 0.5) is 0 Å². The van der Waals surface area contributed by atoms with E-state index >= 15 is 0 Å². The van der Waals surface area contributed by atoms with Crippen LogP contribution in [0.3, 0.4) is 0 Å². The summed E-state index contributed by atoms with van der Waals surface area (Å²) in [4.78, 5) is 25.3. The van der Waals surface area contributed by atoms with Crippen LogP contribution in [0.2, 0.25) is 0 Å². The van der Waals surface area contributed by atoms with Crippen molar-refractivity contribution in [3.05, 3.63) is 53.6 Å². The molecule has 8 nitrogen and oxygen atoms in total. The molecule has 2 amide bonds. The van der Waals surface area contributed by atoms with Crippen LogP contribution in [-0.4, -0.2) is 37.5 Å². The third-order valence-electron chi connectivity index (χ3n) is 4.88. The fraction of sp³-hybridized carbons (Fsp3) is 0.375. The number of hydrogen-bond donors (Lipinski definition) is 2. The molecule has 0 bridgehead atoms. The highest BCUT2D eigenvalue weighted by atomic mass is 16.7. The fourth-order valence-corrected chi connectivity index (χ4v) is 3.06. The van der Waals surface area contributed by atoms with Gasteiger partial charge in [-0.2, -0.15) is 5.10 Å². The minimum Gasteiger partial charge on any atom is -0.494 e. The number of benzene rings is 2. The molecule has 1 unspecified atom stereocenters.